The summed E-state index contributed by atoms with van der Waals surface area (Å²) in [6.45, 7) is 0.627. The molecule has 0 aliphatic carbocycles. The van der Waals surface area contributed by atoms with Gasteiger partial charge < -0.3 is 9.64 Å². The lowest BCUT2D eigenvalue weighted by Gasteiger charge is -2.17. The predicted octanol–water partition coefficient (Wildman–Crippen LogP) is 2.68. The molecule has 26 heavy (non-hydrogen) atoms. The number of rotatable bonds is 6. The van der Waals surface area contributed by atoms with Gasteiger partial charge in [0, 0.05) is 25.2 Å². The van der Waals surface area contributed by atoms with Crippen molar-refractivity contribution in [3.05, 3.63) is 53.6 Å². The van der Waals surface area contributed by atoms with Gasteiger partial charge in [-0.3, -0.25) is 4.79 Å². The van der Waals surface area contributed by atoms with Gasteiger partial charge in [-0.15, -0.1) is 0 Å². The van der Waals surface area contributed by atoms with Crippen molar-refractivity contribution in [2.45, 2.75) is 11.3 Å². The highest BCUT2D eigenvalue weighted by Crippen LogP contribution is 2.27. The quantitative estimate of drug-likeness (QED) is 0.817. The smallest absolute Gasteiger partial charge is 0.242 e. The first-order valence-corrected chi connectivity index (χ1v) is 9.95. The van der Waals surface area contributed by atoms with E-state index in [9.17, 15) is 13.2 Å². The zero-order valence-electron chi connectivity index (χ0n) is 14.2. The Balaban J connectivity index is 1.65. The van der Waals surface area contributed by atoms with Gasteiger partial charge in [-0.1, -0.05) is 23.7 Å². The Hall–Kier alpha value is -2.09. The van der Waals surface area contributed by atoms with Crippen molar-refractivity contribution in [2.75, 3.05) is 25.1 Å². The minimum Gasteiger partial charge on any atom is -0.497 e. The molecule has 1 N–H and O–H groups in total. The summed E-state index contributed by atoms with van der Waals surface area (Å²) in [5.41, 5.74) is 0.771. The average molecular weight is 395 g/mol. The van der Waals surface area contributed by atoms with E-state index in [2.05, 4.69) is 4.72 Å². The Morgan fingerprint density at radius 2 is 1.88 bits per heavy atom. The van der Waals surface area contributed by atoms with Crippen LogP contribution in [0.5, 0.6) is 5.75 Å². The molecule has 1 heterocycles. The number of hydrogen-bond donors (Lipinski definition) is 1. The zero-order valence-corrected chi connectivity index (χ0v) is 15.8. The fourth-order valence-electron chi connectivity index (χ4n) is 2.90. The van der Waals surface area contributed by atoms with Crippen LogP contribution in [0.2, 0.25) is 5.02 Å². The Morgan fingerprint density at radius 3 is 2.54 bits per heavy atom. The molecule has 3 rings (SSSR count). The Morgan fingerprint density at radius 1 is 1.19 bits per heavy atom. The lowest BCUT2D eigenvalue weighted by atomic mass is 10.1. The van der Waals surface area contributed by atoms with Crippen molar-refractivity contribution in [1.29, 1.82) is 0 Å². The summed E-state index contributed by atoms with van der Waals surface area (Å²) in [6, 6.07) is 13.5. The van der Waals surface area contributed by atoms with Crippen molar-refractivity contribution in [1.82, 2.24) is 4.72 Å². The van der Waals surface area contributed by atoms with Crippen molar-refractivity contribution >= 4 is 33.2 Å². The SMILES string of the molecule is COc1ccc(N2C[C@@H](CNS(=O)(=O)c3ccccc3Cl)CC2=O)cc1. The van der Waals surface area contributed by atoms with Crippen LogP contribution in [0.3, 0.4) is 0 Å². The summed E-state index contributed by atoms with van der Waals surface area (Å²) in [7, 11) is -2.13. The van der Waals surface area contributed by atoms with E-state index in [0.717, 1.165) is 5.69 Å². The number of amides is 1. The van der Waals surface area contributed by atoms with Crippen molar-refractivity contribution in [2.24, 2.45) is 5.92 Å². The summed E-state index contributed by atoms with van der Waals surface area (Å²) < 4.78 is 32.5. The molecule has 1 fully saturated rings. The molecule has 1 saturated heterocycles. The zero-order chi connectivity index (χ0) is 18.7. The normalized spacial score (nSPS) is 17.5. The van der Waals surface area contributed by atoms with Crippen molar-refractivity contribution < 1.29 is 17.9 Å². The Labute approximate surface area is 157 Å². The second kappa shape index (κ2) is 7.65. The second-order valence-electron chi connectivity index (χ2n) is 6.05. The van der Waals surface area contributed by atoms with Crippen LogP contribution in [-0.4, -0.2) is 34.5 Å². The molecule has 2 aromatic rings. The molecule has 0 bridgehead atoms. The maximum absolute atomic E-state index is 12.4. The molecule has 2 aromatic carbocycles. The number of nitrogens with one attached hydrogen (secondary N) is 1. The van der Waals surface area contributed by atoms with E-state index >= 15 is 0 Å². The largest absolute Gasteiger partial charge is 0.497 e. The summed E-state index contributed by atoms with van der Waals surface area (Å²) in [4.78, 5) is 14.0. The number of carbonyl (C=O) groups is 1. The average Bonchev–Trinajstić information content (AvgIpc) is 3.01. The molecule has 6 nitrogen and oxygen atoms in total. The first-order chi connectivity index (χ1) is 12.4. The number of carbonyl (C=O) groups excluding carboxylic acids is 1. The molecule has 0 aromatic heterocycles. The molecule has 1 amide bonds. The highest BCUT2D eigenvalue weighted by molar-refractivity contribution is 7.89. The van der Waals surface area contributed by atoms with Gasteiger partial charge in [0.05, 0.1) is 12.1 Å². The minimum atomic E-state index is -3.72. The molecule has 1 aliphatic heterocycles. The molecule has 0 unspecified atom stereocenters. The highest BCUT2D eigenvalue weighted by atomic mass is 35.5. The van der Waals surface area contributed by atoms with Crippen LogP contribution in [0, 0.1) is 5.92 Å². The topological polar surface area (TPSA) is 75.7 Å². The van der Waals surface area contributed by atoms with E-state index in [0.29, 0.717) is 12.3 Å². The van der Waals surface area contributed by atoms with Gasteiger partial charge >= 0.3 is 0 Å². The summed E-state index contributed by atoms with van der Waals surface area (Å²) in [6.07, 6.45) is 0.289. The number of nitrogens with zero attached hydrogens (tertiary/aromatic N) is 1. The summed E-state index contributed by atoms with van der Waals surface area (Å²) >= 11 is 5.96. The van der Waals surface area contributed by atoms with Crippen LogP contribution in [0.25, 0.3) is 0 Å². The number of hydrogen-bond acceptors (Lipinski definition) is 4. The van der Waals surface area contributed by atoms with E-state index in [1.807, 2.05) is 12.1 Å². The molecule has 1 aliphatic rings. The number of benzene rings is 2. The van der Waals surface area contributed by atoms with Gasteiger partial charge in [0.25, 0.3) is 0 Å². The van der Waals surface area contributed by atoms with Crippen LogP contribution in [0.4, 0.5) is 5.69 Å². The van der Waals surface area contributed by atoms with Gasteiger partial charge in [-0.05, 0) is 42.3 Å². The number of methoxy groups -OCH3 is 1. The second-order valence-corrected chi connectivity index (χ2v) is 8.20. The molecular formula is C18H19ClN2O4S. The van der Waals surface area contributed by atoms with Crippen LogP contribution in [0.15, 0.2) is 53.4 Å². The van der Waals surface area contributed by atoms with Crippen LogP contribution in [-0.2, 0) is 14.8 Å². The van der Waals surface area contributed by atoms with Crippen LogP contribution in [0.1, 0.15) is 6.42 Å². The monoisotopic (exact) mass is 394 g/mol. The van der Waals surface area contributed by atoms with Gasteiger partial charge in [0.15, 0.2) is 0 Å². The number of halogens is 1. The van der Waals surface area contributed by atoms with E-state index in [1.54, 1.807) is 36.3 Å². The molecule has 0 saturated carbocycles. The van der Waals surface area contributed by atoms with E-state index in [-0.39, 0.29) is 34.7 Å². The van der Waals surface area contributed by atoms with Gasteiger partial charge in [0.1, 0.15) is 10.6 Å². The molecular weight excluding hydrogens is 376 g/mol. The minimum absolute atomic E-state index is 0.0305. The summed E-state index contributed by atoms with van der Waals surface area (Å²) in [5, 5.41) is 0.169. The van der Waals surface area contributed by atoms with Gasteiger partial charge in [-0.2, -0.15) is 0 Å². The first kappa shape index (κ1) is 18.7. The van der Waals surface area contributed by atoms with Crippen LogP contribution < -0.4 is 14.4 Å². The highest BCUT2D eigenvalue weighted by Gasteiger charge is 2.31. The summed E-state index contributed by atoms with van der Waals surface area (Å²) in [5.74, 6) is 0.573. The van der Waals surface area contributed by atoms with Crippen molar-refractivity contribution in [3.63, 3.8) is 0 Å². The molecule has 0 spiro atoms. The Kier molecular flexibility index (Phi) is 5.50. The number of sulfonamides is 1. The van der Waals surface area contributed by atoms with Gasteiger partial charge in [0.2, 0.25) is 15.9 Å². The maximum atomic E-state index is 12.4. The van der Waals surface area contributed by atoms with Crippen LogP contribution >= 0.6 is 11.6 Å². The fourth-order valence-corrected chi connectivity index (χ4v) is 4.53. The third-order valence-corrected chi connectivity index (χ3v) is 6.20. The fraction of sp³-hybridized carbons (Fsp3) is 0.278. The third kappa shape index (κ3) is 4.00. The molecule has 8 heteroatoms. The maximum Gasteiger partial charge on any atom is 0.242 e. The standard InChI is InChI=1S/C18H19ClN2O4S/c1-25-15-8-6-14(7-9-15)21-12-13(10-18(21)22)11-20-26(23,24)17-5-3-2-4-16(17)19/h2-9,13,20H,10-12H2,1H3/t13-/m1/s1. The molecule has 0 radical (unpaired) electrons. The molecule has 1 atom stereocenters. The van der Waals surface area contributed by atoms with E-state index < -0.39 is 10.0 Å². The number of ether oxygens (including phenoxy) is 1. The third-order valence-electron chi connectivity index (χ3n) is 4.28. The molecule has 138 valence electrons. The lowest BCUT2D eigenvalue weighted by Crippen LogP contribution is -2.31. The Bertz CT molecular complexity index is 900. The predicted molar refractivity (Wildman–Crippen MR) is 100 cm³/mol. The van der Waals surface area contributed by atoms with Gasteiger partial charge in [-0.25, -0.2) is 13.1 Å². The van der Waals surface area contributed by atoms with E-state index in [1.165, 1.54) is 12.1 Å². The lowest BCUT2D eigenvalue weighted by molar-refractivity contribution is -0.117. The first-order valence-electron chi connectivity index (χ1n) is 8.09. The van der Waals surface area contributed by atoms with Crippen molar-refractivity contribution in [3.8, 4) is 5.75 Å². The number of anilines is 1. The van der Waals surface area contributed by atoms with E-state index in [4.69, 9.17) is 16.3 Å².